The van der Waals surface area contributed by atoms with Crippen molar-refractivity contribution in [1.29, 1.82) is 0 Å². The number of sulfonamides is 1. The predicted octanol–water partition coefficient (Wildman–Crippen LogP) is 1.51. The third-order valence-corrected chi connectivity index (χ3v) is 6.89. The first kappa shape index (κ1) is 21.8. The quantitative estimate of drug-likeness (QED) is 0.710. The Bertz CT molecular complexity index is 739. The molecule has 10 heteroatoms. The number of rotatable bonds is 8. The number of alkyl halides is 2. The number of carbonyl (C=O) groups excluding carboxylic acids is 1. The lowest BCUT2D eigenvalue weighted by molar-refractivity contribution is 0.0694. The Kier molecular flexibility index (Phi) is 7.35. The van der Waals surface area contributed by atoms with Crippen molar-refractivity contribution in [1.82, 2.24) is 19.1 Å². The highest BCUT2D eigenvalue weighted by Crippen LogP contribution is 2.19. The number of amides is 1. The molecule has 1 aliphatic rings. The highest BCUT2D eigenvalue weighted by molar-refractivity contribution is 7.89. The third kappa shape index (κ3) is 5.26. The second-order valence-corrected chi connectivity index (χ2v) is 8.64. The van der Waals surface area contributed by atoms with Gasteiger partial charge in [0.15, 0.2) is 0 Å². The SMILES string of the molecule is CCN(CC)S(=O)(=O)c1cc(C(=O)NC2CCN(CC(F)F)CC2)n(C)c1. The van der Waals surface area contributed by atoms with Gasteiger partial charge < -0.3 is 9.88 Å². The minimum absolute atomic E-state index is 0.0885. The monoisotopic (exact) mass is 406 g/mol. The van der Waals surface area contributed by atoms with Crippen LogP contribution in [-0.2, 0) is 17.1 Å². The van der Waals surface area contributed by atoms with E-state index >= 15 is 0 Å². The van der Waals surface area contributed by atoms with E-state index in [0.717, 1.165) is 0 Å². The molecule has 1 aliphatic heterocycles. The molecule has 0 aromatic carbocycles. The van der Waals surface area contributed by atoms with Gasteiger partial charge in [0, 0.05) is 45.5 Å². The van der Waals surface area contributed by atoms with Crippen molar-refractivity contribution in [2.24, 2.45) is 7.05 Å². The second kappa shape index (κ2) is 9.11. The van der Waals surface area contributed by atoms with Crippen molar-refractivity contribution in [3.8, 4) is 0 Å². The molecule has 1 aromatic heterocycles. The Labute approximate surface area is 159 Å². The fraction of sp³-hybridized carbons (Fsp3) is 0.706. The smallest absolute Gasteiger partial charge is 0.268 e. The third-order valence-electron chi connectivity index (χ3n) is 4.87. The van der Waals surface area contributed by atoms with Gasteiger partial charge in [-0.3, -0.25) is 9.69 Å². The summed E-state index contributed by atoms with van der Waals surface area (Å²) in [7, 11) is -2.01. The zero-order valence-corrected chi connectivity index (χ0v) is 16.8. The van der Waals surface area contributed by atoms with E-state index in [2.05, 4.69) is 5.32 Å². The van der Waals surface area contributed by atoms with Crippen LogP contribution in [0.1, 0.15) is 37.2 Å². The first-order valence-corrected chi connectivity index (χ1v) is 10.6. The minimum atomic E-state index is -3.63. The molecule has 27 heavy (non-hydrogen) atoms. The molecule has 7 nitrogen and oxygen atoms in total. The van der Waals surface area contributed by atoms with Crippen LogP contribution in [0.15, 0.2) is 17.2 Å². The number of nitrogens with zero attached hydrogens (tertiary/aromatic N) is 3. The Morgan fingerprint density at radius 2 is 1.89 bits per heavy atom. The zero-order valence-electron chi connectivity index (χ0n) is 16.0. The zero-order chi connectivity index (χ0) is 20.2. The largest absolute Gasteiger partial charge is 0.348 e. The van der Waals surface area contributed by atoms with Gasteiger partial charge in [-0.05, 0) is 18.9 Å². The summed E-state index contributed by atoms with van der Waals surface area (Å²) in [6.45, 7) is 4.99. The summed E-state index contributed by atoms with van der Waals surface area (Å²) in [5, 5.41) is 2.89. The average Bonchev–Trinajstić information content (AvgIpc) is 3.00. The van der Waals surface area contributed by atoms with Crippen LogP contribution in [0.5, 0.6) is 0 Å². The lowest BCUT2D eigenvalue weighted by Gasteiger charge is -2.32. The van der Waals surface area contributed by atoms with Crippen molar-refractivity contribution in [3.05, 3.63) is 18.0 Å². The van der Waals surface area contributed by atoms with Crippen molar-refractivity contribution in [2.75, 3.05) is 32.7 Å². The van der Waals surface area contributed by atoms with E-state index in [1.165, 1.54) is 21.1 Å². The molecular formula is C17H28F2N4O3S. The Balaban J connectivity index is 2.03. The van der Waals surface area contributed by atoms with E-state index in [0.29, 0.717) is 39.0 Å². The maximum absolute atomic E-state index is 12.6. The van der Waals surface area contributed by atoms with Gasteiger partial charge in [0.05, 0.1) is 6.54 Å². The summed E-state index contributed by atoms with van der Waals surface area (Å²) in [6.07, 6.45) is 0.264. The highest BCUT2D eigenvalue weighted by Gasteiger charge is 2.27. The number of halogens is 2. The number of nitrogens with one attached hydrogen (secondary N) is 1. The van der Waals surface area contributed by atoms with Gasteiger partial charge in [0.2, 0.25) is 10.0 Å². The molecule has 1 aromatic rings. The van der Waals surface area contributed by atoms with Gasteiger partial charge in [0.25, 0.3) is 12.3 Å². The average molecular weight is 406 g/mol. The molecule has 1 N–H and O–H groups in total. The van der Waals surface area contributed by atoms with Crippen molar-refractivity contribution in [2.45, 2.75) is 44.1 Å². The maximum Gasteiger partial charge on any atom is 0.268 e. The highest BCUT2D eigenvalue weighted by atomic mass is 32.2. The normalized spacial score (nSPS) is 17.0. The topological polar surface area (TPSA) is 74.7 Å². The molecule has 0 unspecified atom stereocenters. The summed E-state index contributed by atoms with van der Waals surface area (Å²) in [5.74, 6) is -0.356. The first-order valence-electron chi connectivity index (χ1n) is 9.16. The fourth-order valence-corrected chi connectivity index (χ4v) is 4.86. The van der Waals surface area contributed by atoms with Gasteiger partial charge in [-0.15, -0.1) is 0 Å². The van der Waals surface area contributed by atoms with Crippen molar-refractivity contribution >= 4 is 15.9 Å². The van der Waals surface area contributed by atoms with Crippen LogP contribution in [-0.4, -0.2) is 73.3 Å². The molecule has 0 radical (unpaired) electrons. The standard InChI is InChI=1S/C17H28F2N4O3S/c1-4-23(5-2)27(25,26)14-10-15(21(3)11-14)17(24)20-13-6-8-22(9-7-13)12-16(18)19/h10-11,13,16H,4-9,12H2,1-3H3,(H,20,24). The molecule has 2 rings (SSSR count). The maximum atomic E-state index is 12.6. The number of piperidine rings is 1. The van der Waals surface area contributed by atoms with Crippen LogP contribution in [0, 0.1) is 0 Å². The molecule has 0 saturated carbocycles. The van der Waals surface area contributed by atoms with Crippen molar-refractivity contribution < 1.29 is 22.0 Å². The Morgan fingerprint density at radius 3 is 2.41 bits per heavy atom. The van der Waals surface area contributed by atoms with E-state index in [-0.39, 0.29) is 29.1 Å². The molecule has 154 valence electrons. The van der Waals surface area contributed by atoms with Gasteiger partial charge >= 0.3 is 0 Å². The summed E-state index contributed by atoms with van der Waals surface area (Å²) in [4.78, 5) is 14.3. The van der Waals surface area contributed by atoms with Gasteiger partial charge in [0.1, 0.15) is 10.6 Å². The van der Waals surface area contributed by atoms with Crippen LogP contribution in [0.4, 0.5) is 8.78 Å². The lowest BCUT2D eigenvalue weighted by atomic mass is 10.0. The molecule has 0 atom stereocenters. The summed E-state index contributed by atoms with van der Waals surface area (Å²) < 4.78 is 52.9. The molecule has 1 saturated heterocycles. The Hall–Kier alpha value is -1.52. The minimum Gasteiger partial charge on any atom is -0.348 e. The van der Waals surface area contributed by atoms with Crippen LogP contribution in [0.2, 0.25) is 0 Å². The number of hydrogen-bond acceptors (Lipinski definition) is 4. The van der Waals surface area contributed by atoms with E-state index in [1.54, 1.807) is 25.8 Å². The van der Waals surface area contributed by atoms with Crippen molar-refractivity contribution in [3.63, 3.8) is 0 Å². The van der Waals surface area contributed by atoms with Crippen LogP contribution < -0.4 is 5.32 Å². The second-order valence-electron chi connectivity index (χ2n) is 6.70. The number of aryl methyl sites for hydroxylation is 1. The molecular weight excluding hydrogens is 378 g/mol. The number of aromatic nitrogens is 1. The van der Waals surface area contributed by atoms with Gasteiger partial charge in [-0.25, -0.2) is 17.2 Å². The predicted molar refractivity (Wildman–Crippen MR) is 98.5 cm³/mol. The molecule has 1 amide bonds. The van der Waals surface area contributed by atoms with Crippen LogP contribution in [0.25, 0.3) is 0 Å². The first-order chi connectivity index (χ1) is 12.7. The number of carbonyl (C=O) groups is 1. The van der Waals surface area contributed by atoms with E-state index in [1.807, 2.05) is 0 Å². The summed E-state index contributed by atoms with van der Waals surface area (Å²) in [5.41, 5.74) is 0.260. The van der Waals surface area contributed by atoms with E-state index in [4.69, 9.17) is 0 Å². The molecule has 1 fully saturated rings. The molecule has 0 spiro atoms. The van der Waals surface area contributed by atoms with Gasteiger partial charge in [-0.1, -0.05) is 13.8 Å². The summed E-state index contributed by atoms with van der Waals surface area (Å²) in [6, 6.07) is 1.28. The molecule has 0 aliphatic carbocycles. The molecule has 2 heterocycles. The Morgan fingerprint density at radius 1 is 1.30 bits per heavy atom. The fourth-order valence-electron chi connectivity index (χ4n) is 3.33. The summed E-state index contributed by atoms with van der Waals surface area (Å²) >= 11 is 0. The van der Waals surface area contributed by atoms with E-state index < -0.39 is 16.4 Å². The van der Waals surface area contributed by atoms with E-state index in [9.17, 15) is 22.0 Å². The molecule has 0 bridgehead atoms. The van der Waals surface area contributed by atoms with Crippen LogP contribution in [0.3, 0.4) is 0 Å². The number of hydrogen-bond donors (Lipinski definition) is 1. The van der Waals surface area contributed by atoms with Gasteiger partial charge in [-0.2, -0.15) is 4.31 Å². The lowest BCUT2D eigenvalue weighted by Crippen LogP contribution is -2.46. The van der Waals surface area contributed by atoms with Crippen LogP contribution >= 0.6 is 0 Å². The number of likely N-dealkylation sites (tertiary alicyclic amines) is 1.